The van der Waals surface area contributed by atoms with Crippen LogP contribution in [0.4, 0.5) is 4.39 Å². The van der Waals surface area contributed by atoms with Crippen LogP contribution in [0.25, 0.3) is 10.4 Å². The van der Waals surface area contributed by atoms with E-state index in [1.54, 1.807) is 0 Å². The first-order valence-electron chi connectivity index (χ1n) is 3.22. The van der Waals surface area contributed by atoms with Crippen LogP contribution in [0.1, 0.15) is 11.8 Å². The molecule has 0 fully saturated rings. The van der Waals surface area contributed by atoms with Crippen molar-refractivity contribution in [2.45, 2.75) is 6.23 Å². The van der Waals surface area contributed by atoms with Gasteiger partial charge in [0, 0.05) is 4.91 Å². The summed E-state index contributed by atoms with van der Waals surface area (Å²) in [6.45, 7) is 0. The van der Waals surface area contributed by atoms with Gasteiger partial charge in [-0.05, 0) is 23.2 Å². The van der Waals surface area contributed by atoms with Gasteiger partial charge in [-0.15, -0.1) is 0 Å². The third-order valence-corrected chi connectivity index (χ3v) is 1.31. The molecule has 4 nitrogen and oxygen atoms in total. The Morgan fingerprint density at radius 3 is 2.92 bits per heavy atom. The molecular formula is C7H6FN3O. The van der Waals surface area contributed by atoms with Gasteiger partial charge in [0.25, 0.3) is 0 Å². The Labute approximate surface area is 67.9 Å². The number of aliphatic hydroxyl groups is 1. The molecule has 0 radical (unpaired) electrons. The largest absolute Gasteiger partial charge is 0.382 e. The number of aliphatic hydroxyl groups excluding tert-OH is 1. The van der Waals surface area contributed by atoms with E-state index in [0.29, 0.717) is 0 Å². The summed E-state index contributed by atoms with van der Waals surface area (Å²) < 4.78 is 12.5. The van der Waals surface area contributed by atoms with Crippen molar-refractivity contribution >= 4 is 0 Å². The number of halogens is 1. The van der Waals surface area contributed by atoms with E-state index < -0.39 is 12.0 Å². The van der Waals surface area contributed by atoms with Crippen molar-refractivity contribution in [3.63, 3.8) is 0 Å². The van der Waals surface area contributed by atoms with Crippen LogP contribution in [0.3, 0.4) is 0 Å². The molecular weight excluding hydrogens is 161 g/mol. The maximum Gasteiger partial charge on any atom is 0.158 e. The quantitative estimate of drug-likeness (QED) is 0.409. The standard InChI is InChI=1S/C7H6FN3O/c8-6-3-1-2-5(4-6)7(12)10-11-9/h1-4,7,12H. The van der Waals surface area contributed by atoms with Crippen LogP contribution in [0.5, 0.6) is 0 Å². The molecule has 0 aromatic heterocycles. The third kappa shape index (κ3) is 1.95. The van der Waals surface area contributed by atoms with Crippen molar-refractivity contribution in [1.82, 2.24) is 0 Å². The molecule has 0 amide bonds. The first-order chi connectivity index (χ1) is 5.74. The summed E-state index contributed by atoms with van der Waals surface area (Å²) in [4.78, 5) is 2.39. The molecule has 0 saturated carbocycles. The number of nitrogens with zero attached hydrogens (tertiary/aromatic N) is 3. The Bertz CT molecular complexity index is 322. The average Bonchev–Trinajstić information content (AvgIpc) is 2.05. The molecule has 1 atom stereocenters. The van der Waals surface area contributed by atoms with Gasteiger partial charge in [-0.3, -0.25) is 0 Å². The Hall–Kier alpha value is -1.58. The predicted molar refractivity (Wildman–Crippen MR) is 40.5 cm³/mol. The zero-order valence-electron chi connectivity index (χ0n) is 6.05. The molecule has 0 aliphatic heterocycles. The lowest BCUT2D eigenvalue weighted by Gasteiger charge is -2.02. The molecule has 1 rings (SSSR count). The van der Waals surface area contributed by atoms with E-state index in [1.807, 2.05) is 0 Å². The lowest BCUT2D eigenvalue weighted by atomic mass is 10.2. The van der Waals surface area contributed by atoms with E-state index in [-0.39, 0.29) is 5.56 Å². The van der Waals surface area contributed by atoms with Gasteiger partial charge in [0.05, 0.1) is 0 Å². The highest BCUT2D eigenvalue weighted by atomic mass is 19.1. The molecule has 1 aromatic rings. The minimum absolute atomic E-state index is 0.243. The van der Waals surface area contributed by atoms with Gasteiger partial charge >= 0.3 is 0 Å². The molecule has 0 spiro atoms. The number of rotatable bonds is 2. The fraction of sp³-hybridized carbons (Fsp3) is 0.143. The highest BCUT2D eigenvalue weighted by molar-refractivity contribution is 5.18. The third-order valence-electron chi connectivity index (χ3n) is 1.31. The SMILES string of the molecule is [N-]=[N+]=NC(O)c1cccc(F)c1. The molecule has 62 valence electrons. The average molecular weight is 167 g/mol. The summed E-state index contributed by atoms with van der Waals surface area (Å²) in [5, 5.41) is 12.1. The predicted octanol–water partition coefficient (Wildman–Crippen LogP) is 2.13. The molecule has 1 aromatic carbocycles. The number of benzene rings is 1. The van der Waals surface area contributed by atoms with Crippen molar-refractivity contribution < 1.29 is 9.50 Å². The van der Waals surface area contributed by atoms with E-state index in [4.69, 9.17) is 10.6 Å². The van der Waals surface area contributed by atoms with Crippen LogP contribution in [-0.2, 0) is 0 Å². The van der Waals surface area contributed by atoms with Crippen LogP contribution in [0.15, 0.2) is 29.4 Å². The minimum Gasteiger partial charge on any atom is -0.382 e. The Kier molecular flexibility index (Phi) is 2.63. The summed E-state index contributed by atoms with van der Waals surface area (Å²) in [6.07, 6.45) is -1.31. The second kappa shape index (κ2) is 3.71. The van der Waals surface area contributed by atoms with Crippen molar-refractivity contribution in [3.8, 4) is 0 Å². The molecule has 1 N–H and O–H groups in total. The monoisotopic (exact) mass is 167 g/mol. The molecule has 0 aliphatic rings. The smallest absolute Gasteiger partial charge is 0.158 e. The summed E-state index contributed by atoms with van der Waals surface area (Å²) in [6, 6.07) is 5.26. The second-order valence-corrected chi connectivity index (χ2v) is 2.13. The van der Waals surface area contributed by atoms with E-state index in [2.05, 4.69) is 10.0 Å². The van der Waals surface area contributed by atoms with Crippen LogP contribution in [0, 0.1) is 5.82 Å². The topological polar surface area (TPSA) is 69.0 Å². The van der Waals surface area contributed by atoms with Gasteiger partial charge in [-0.25, -0.2) is 4.39 Å². The fourth-order valence-corrected chi connectivity index (χ4v) is 0.783. The van der Waals surface area contributed by atoms with Crippen LogP contribution in [0.2, 0.25) is 0 Å². The fourth-order valence-electron chi connectivity index (χ4n) is 0.783. The van der Waals surface area contributed by atoms with E-state index in [1.165, 1.54) is 18.2 Å². The Morgan fingerprint density at radius 2 is 2.33 bits per heavy atom. The van der Waals surface area contributed by atoms with E-state index in [0.717, 1.165) is 6.07 Å². The molecule has 0 saturated heterocycles. The number of hydrogen-bond donors (Lipinski definition) is 1. The second-order valence-electron chi connectivity index (χ2n) is 2.13. The highest BCUT2D eigenvalue weighted by Crippen LogP contribution is 2.14. The minimum atomic E-state index is -1.31. The first kappa shape index (κ1) is 8.52. The van der Waals surface area contributed by atoms with Gasteiger partial charge in [-0.1, -0.05) is 17.2 Å². The highest BCUT2D eigenvalue weighted by Gasteiger charge is 2.03. The summed E-state index contributed by atoms with van der Waals surface area (Å²) >= 11 is 0. The van der Waals surface area contributed by atoms with E-state index in [9.17, 15) is 4.39 Å². The molecule has 12 heavy (non-hydrogen) atoms. The first-order valence-corrected chi connectivity index (χ1v) is 3.22. The van der Waals surface area contributed by atoms with Crippen LogP contribution < -0.4 is 0 Å². The van der Waals surface area contributed by atoms with Crippen molar-refractivity contribution in [1.29, 1.82) is 0 Å². The molecule has 0 aliphatic carbocycles. The Morgan fingerprint density at radius 1 is 1.58 bits per heavy atom. The van der Waals surface area contributed by atoms with Gasteiger partial charge < -0.3 is 5.11 Å². The van der Waals surface area contributed by atoms with Gasteiger partial charge in [-0.2, -0.15) is 0 Å². The molecule has 0 heterocycles. The Balaban J connectivity index is 2.94. The summed E-state index contributed by atoms with van der Waals surface area (Å²) in [5.74, 6) is -0.473. The summed E-state index contributed by atoms with van der Waals surface area (Å²) in [7, 11) is 0. The maximum atomic E-state index is 12.5. The molecule has 5 heteroatoms. The van der Waals surface area contributed by atoms with Crippen molar-refractivity contribution in [2.24, 2.45) is 5.11 Å². The lowest BCUT2D eigenvalue weighted by Crippen LogP contribution is -1.92. The number of azide groups is 1. The zero-order chi connectivity index (χ0) is 8.97. The normalized spacial score (nSPS) is 11.8. The molecule has 1 unspecified atom stereocenters. The van der Waals surface area contributed by atoms with Gasteiger partial charge in [0.15, 0.2) is 6.23 Å². The lowest BCUT2D eigenvalue weighted by molar-refractivity contribution is 0.186. The maximum absolute atomic E-state index is 12.5. The van der Waals surface area contributed by atoms with Gasteiger partial charge in [0.2, 0.25) is 0 Å². The zero-order valence-corrected chi connectivity index (χ0v) is 6.05. The van der Waals surface area contributed by atoms with Crippen LogP contribution >= 0.6 is 0 Å². The van der Waals surface area contributed by atoms with Crippen molar-refractivity contribution in [2.75, 3.05) is 0 Å². The van der Waals surface area contributed by atoms with Crippen LogP contribution in [-0.4, -0.2) is 5.11 Å². The van der Waals surface area contributed by atoms with E-state index >= 15 is 0 Å². The number of hydrogen-bond acceptors (Lipinski definition) is 2. The van der Waals surface area contributed by atoms with Crippen molar-refractivity contribution in [3.05, 3.63) is 46.1 Å². The van der Waals surface area contributed by atoms with Gasteiger partial charge in [0.1, 0.15) is 5.82 Å². The molecule has 0 bridgehead atoms. The summed E-state index contributed by atoms with van der Waals surface area (Å²) in [5.41, 5.74) is 8.22.